The molecule has 0 bridgehead atoms. The fourth-order valence-electron chi connectivity index (χ4n) is 2.74. The first-order valence-corrected chi connectivity index (χ1v) is 8.40. The van der Waals surface area contributed by atoms with Gasteiger partial charge in [-0.05, 0) is 38.8 Å². The number of aliphatic imine (C=N–C) groups is 1. The van der Waals surface area contributed by atoms with Crippen molar-refractivity contribution in [2.24, 2.45) is 12.0 Å². The summed E-state index contributed by atoms with van der Waals surface area (Å²) in [5, 5.41) is 11.2. The monoisotopic (exact) mass is 472 g/mol. The number of nitrogens with zero attached hydrogens (tertiary/aromatic N) is 4. The average molecular weight is 472 g/mol. The van der Waals surface area contributed by atoms with E-state index in [2.05, 4.69) is 46.5 Å². The third-order valence-corrected chi connectivity index (χ3v) is 4.20. The van der Waals surface area contributed by atoms with Gasteiger partial charge in [-0.15, -0.1) is 24.0 Å². The number of hydrogen-bond acceptors (Lipinski definition) is 4. The van der Waals surface area contributed by atoms with Gasteiger partial charge in [0.2, 0.25) is 5.88 Å². The first-order valence-electron chi connectivity index (χ1n) is 8.40. The van der Waals surface area contributed by atoms with Gasteiger partial charge in [-0.25, -0.2) is 4.98 Å². The Kier molecular flexibility index (Phi) is 8.83. The Morgan fingerprint density at radius 3 is 2.65 bits per heavy atom. The molecule has 0 aliphatic rings. The van der Waals surface area contributed by atoms with E-state index in [4.69, 9.17) is 4.74 Å². The SMILES string of the molecule is CN=C(NCc1cccc(OC)n1)NC(C)Cc1c(C)nn(C)c1C.I. The summed E-state index contributed by atoms with van der Waals surface area (Å²) in [6, 6.07) is 5.94. The molecule has 2 aromatic rings. The van der Waals surface area contributed by atoms with Crippen LogP contribution in [0.1, 0.15) is 29.6 Å². The van der Waals surface area contributed by atoms with E-state index in [1.807, 2.05) is 29.9 Å². The van der Waals surface area contributed by atoms with Crippen molar-refractivity contribution in [3.8, 4) is 5.88 Å². The summed E-state index contributed by atoms with van der Waals surface area (Å²) in [6.45, 7) is 6.87. The molecule has 0 saturated carbocycles. The molecule has 0 spiro atoms. The fourth-order valence-corrected chi connectivity index (χ4v) is 2.74. The molecule has 0 radical (unpaired) electrons. The molecule has 0 aliphatic carbocycles. The summed E-state index contributed by atoms with van der Waals surface area (Å²) in [4.78, 5) is 8.68. The topological polar surface area (TPSA) is 76.4 Å². The molecule has 2 heterocycles. The molecule has 0 fully saturated rings. The van der Waals surface area contributed by atoms with E-state index in [0.29, 0.717) is 12.4 Å². The Balaban J connectivity index is 0.00000338. The minimum Gasteiger partial charge on any atom is -0.481 e. The van der Waals surface area contributed by atoms with Gasteiger partial charge in [-0.3, -0.25) is 9.67 Å². The highest BCUT2D eigenvalue weighted by molar-refractivity contribution is 14.0. The minimum atomic E-state index is 0. The van der Waals surface area contributed by atoms with Crippen LogP contribution in [0.3, 0.4) is 0 Å². The number of aromatic nitrogens is 3. The Morgan fingerprint density at radius 1 is 1.35 bits per heavy atom. The third-order valence-electron chi connectivity index (χ3n) is 4.20. The lowest BCUT2D eigenvalue weighted by Gasteiger charge is -2.18. The highest BCUT2D eigenvalue weighted by atomic mass is 127. The molecule has 1 unspecified atom stereocenters. The first kappa shape index (κ1) is 22.2. The smallest absolute Gasteiger partial charge is 0.213 e. The number of methoxy groups -OCH3 is 1. The molecule has 2 aromatic heterocycles. The normalized spacial score (nSPS) is 12.3. The summed E-state index contributed by atoms with van der Waals surface area (Å²) in [5.74, 6) is 1.36. The second-order valence-corrected chi connectivity index (χ2v) is 6.12. The standard InChI is InChI=1S/C18H28N6O.HI/c1-12(10-16-13(2)23-24(5)14(16)3)21-18(19-4)20-11-15-8-7-9-17(22-15)25-6;/h7-9,12H,10-11H2,1-6H3,(H2,19,20,21);1H. The number of nitrogens with one attached hydrogen (secondary N) is 2. The van der Waals surface area contributed by atoms with Gasteiger partial charge in [0.15, 0.2) is 5.96 Å². The highest BCUT2D eigenvalue weighted by Crippen LogP contribution is 2.14. The molecule has 7 nitrogen and oxygen atoms in total. The summed E-state index contributed by atoms with van der Waals surface area (Å²) >= 11 is 0. The van der Waals surface area contributed by atoms with Crippen LogP contribution in [0.25, 0.3) is 0 Å². The predicted octanol–water partition coefficient (Wildman–Crippen LogP) is 2.35. The van der Waals surface area contributed by atoms with Crippen LogP contribution in [0.15, 0.2) is 23.2 Å². The third kappa shape index (κ3) is 5.86. The Morgan fingerprint density at radius 2 is 2.08 bits per heavy atom. The lowest BCUT2D eigenvalue weighted by molar-refractivity contribution is 0.396. The average Bonchev–Trinajstić information content (AvgIpc) is 2.84. The quantitative estimate of drug-likeness (QED) is 0.384. The molecule has 0 saturated heterocycles. The van der Waals surface area contributed by atoms with Crippen molar-refractivity contribution < 1.29 is 4.74 Å². The van der Waals surface area contributed by atoms with E-state index in [-0.39, 0.29) is 30.0 Å². The maximum Gasteiger partial charge on any atom is 0.213 e. The van der Waals surface area contributed by atoms with Crippen LogP contribution in [0.4, 0.5) is 0 Å². The Labute approximate surface area is 172 Å². The van der Waals surface area contributed by atoms with Gasteiger partial charge >= 0.3 is 0 Å². The largest absolute Gasteiger partial charge is 0.481 e. The number of rotatable bonds is 6. The maximum absolute atomic E-state index is 5.15. The first-order chi connectivity index (χ1) is 11.9. The molecule has 1 atom stereocenters. The summed E-state index contributed by atoms with van der Waals surface area (Å²) in [6.07, 6.45) is 0.892. The van der Waals surface area contributed by atoms with Gasteiger partial charge < -0.3 is 15.4 Å². The molecule has 0 aromatic carbocycles. The van der Waals surface area contributed by atoms with Crippen LogP contribution in [0, 0.1) is 13.8 Å². The number of guanidine groups is 1. The molecule has 26 heavy (non-hydrogen) atoms. The molecule has 0 amide bonds. The maximum atomic E-state index is 5.15. The van der Waals surface area contributed by atoms with Gasteiger partial charge in [-0.2, -0.15) is 5.10 Å². The zero-order valence-corrected chi connectivity index (χ0v) is 18.7. The van der Waals surface area contributed by atoms with Crippen molar-refractivity contribution in [1.82, 2.24) is 25.4 Å². The van der Waals surface area contributed by atoms with E-state index in [0.717, 1.165) is 23.8 Å². The van der Waals surface area contributed by atoms with Crippen molar-refractivity contribution in [3.05, 3.63) is 40.8 Å². The predicted molar refractivity (Wildman–Crippen MR) is 115 cm³/mol. The van der Waals surface area contributed by atoms with E-state index < -0.39 is 0 Å². The van der Waals surface area contributed by atoms with E-state index in [1.165, 1.54) is 11.3 Å². The number of halogens is 1. The van der Waals surface area contributed by atoms with E-state index in [9.17, 15) is 0 Å². The second kappa shape index (κ2) is 10.3. The van der Waals surface area contributed by atoms with Crippen molar-refractivity contribution in [2.75, 3.05) is 14.2 Å². The Bertz CT molecular complexity index is 743. The van der Waals surface area contributed by atoms with Gasteiger partial charge in [-0.1, -0.05) is 6.07 Å². The summed E-state index contributed by atoms with van der Waals surface area (Å²) in [5.41, 5.74) is 4.47. The van der Waals surface area contributed by atoms with Gasteiger partial charge in [0.1, 0.15) is 0 Å². The minimum absolute atomic E-state index is 0. The van der Waals surface area contributed by atoms with Crippen LogP contribution in [-0.4, -0.2) is 40.9 Å². The van der Waals surface area contributed by atoms with Gasteiger partial charge in [0.05, 0.1) is 25.0 Å². The number of aryl methyl sites for hydroxylation is 2. The molecule has 144 valence electrons. The second-order valence-electron chi connectivity index (χ2n) is 6.12. The van der Waals surface area contributed by atoms with Crippen LogP contribution >= 0.6 is 24.0 Å². The van der Waals surface area contributed by atoms with Crippen molar-refractivity contribution in [2.45, 2.75) is 39.8 Å². The highest BCUT2D eigenvalue weighted by Gasteiger charge is 2.14. The fraction of sp³-hybridized carbons (Fsp3) is 0.500. The summed E-state index contributed by atoms with van der Waals surface area (Å²) in [7, 11) is 5.36. The Hall–Kier alpha value is -1.84. The number of ether oxygens (including phenoxy) is 1. The zero-order valence-electron chi connectivity index (χ0n) is 16.3. The van der Waals surface area contributed by atoms with Crippen LogP contribution < -0.4 is 15.4 Å². The van der Waals surface area contributed by atoms with Crippen molar-refractivity contribution in [1.29, 1.82) is 0 Å². The zero-order chi connectivity index (χ0) is 18.4. The molecular formula is C18H29IN6O. The lowest BCUT2D eigenvalue weighted by atomic mass is 10.1. The number of pyridine rings is 1. The lowest BCUT2D eigenvalue weighted by Crippen LogP contribution is -2.42. The van der Waals surface area contributed by atoms with E-state index in [1.54, 1.807) is 14.2 Å². The van der Waals surface area contributed by atoms with Crippen LogP contribution in [0.2, 0.25) is 0 Å². The summed E-state index contributed by atoms with van der Waals surface area (Å²) < 4.78 is 7.08. The van der Waals surface area contributed by atoms with Gasteiger partial charge in [0.25, 0.3) is 0 Å². The molecular weight excluding hydrogens is 443 g/mol. The van der Waals surface area contributed by atoms with Crippen LogP contribution in [-0.2, 0) is 20.0 Å². The molecule has 2 N–H and O–H groups in total. The molecule has 0 aliphatic heterocycles. The van der Waals surface area contributed by atoms with Crippen molar-refractivity contribution >= 4 is 29.9 Å². The molecule has 8 heteroatoms. The van der Waals surface area contributed by atoms with Crippen LogP contribution in [0.5, 0.6) is 5.88 Å². The van der Waals surface area contributed by atoms with Crippen molar-refractivity contribution in [3.63, 3.8) is 0 Å². The van der Waals surface area contributed by atoms with Gasteiger partial charge in [0, 0.05) is 31.9 Å². The van der Waals surface area contributed by atoms with E-state index >= 15 is 0 Å². The molecule has 2 rings (SSSR count). The number of hydrogen-bond donors (Lipinski definition) is 2.